The van der Waals surface area contributed by atoms with Crippen LogP contribution in [0, 0.1) is 5.82 Å². The number of nitrogen functional groups attached to an aromatic ring is 1. The number of hydrogen-bond donors (Lipinski definition) is 2. The molecular weight excluding hydrogens is 327 g/mol. The maximum Gasteiger partial charge on any atom is 0.148 e. The molecule has 0 aliphatic heterocycles. The van der Waals surface area contributed by atoms with Crippen LogP contribution in [0.5, 0.6) is 11.5 Å². The van der Waals surface area contributed by atoms with Crippen molar-refractivity contribution in [2.24, 2.45) is 0 Å². The molecule has 0 atom stereocenters. The summed E-state index contributed by atoms with van der Waals surface area (Å²) in [5.74, 6) is 0.612. The van der Waals surface area contributed by atoms with E-state index in [0.717, 1.165) is 4.47 Å². The lowest BCUT2D eigenvalue weighted by molar-refractivity contribution is 0.412. The quantitative estimate of drug-likeness (QED) is 0.828. The van der Waals surface area contributed by atoms with Gasteiger partial charge in [0.05, 0.1) is 30.1 Å². The van der Waals surface area contributed by atoms with Gasteiger partial charge in [0.25, 0.3) is 0 Å². The van der Waals surface area contributed by atoms with E-state index in [1.807, 2.05) is 6.07 Å². The minimum Gasteiger partial charge on any atom is -0.495 e. The smallest absolute Gasteiger partial charge is 0.148 e. The Morgan fingerprint density at radius 1 is 1.10 bits per heavy atom. The molecule has 20 heavy (non-hydrogen) atoms. The first-order valence-electron chi connectivity index (χ1n) is 5.78. The van der Waals surface area contributed by atoms with E-state index >= 15 is 0 Å². The summed E-state index contributed by atoms with van der Waals surface area (Å²) in [6.45, 7) is 0. The van der Waals surface area contributed by atoms with Gasteiger partial charge in [0.2, 0.25) is 0 Å². The Kier molecular flexibility index (Phi) is 4.34. The number of halogens is 2. The highest BCUT2D eigenvalue weighted by molar-refractivity contribution is 9.10. The fourth-order valence-electron chi connectivity index (χ4n) is 1.73. The molecule has 0 fully saturated rings. The van der Waals surface area contributed by atoms with E-state index in [-0.39, 0.29) is 11.4 Å². The van der Waals surface area contributed by atoms with E-state index in [1.54, 1.807) is 19.2 Å². The molecular formula is C14H14BrFN2O2. The van der Waals surface area contributed by atoms with E-state index < -0.39 is 5.82 Å². The van der Waals surface area contributed by atoms with Gasteiger partial charge < -0.3 is 20.5 Å². The highest BCUT2D eigenvalue weighted by Crippen LogP contribution is 2.33. The van der Waals surface area contributed by atoms with Crippen LogP contribution in [0.4, 0.5) is 21.5 Å². The van der Waals surface area contributed by atoms with E-state index in [1.165, 1.54) is 19.2 Å². The Labute approximate surface area is 124 Å². The molecule has 0 amide bonds. The number of benzene rings is 2. The van der Waals surface area contributed by atoms with Crippen molar-refractivity contribution in [3.8, 4) is 11.5 Å². The van der Waals surface area contributed by atoms with Crippen LogP contribution in [0.25, 0.3) is 0 Å². The standard InChI is InChI=1S/C14H14BrFN2O2/c1-19-13-5-8(3-4-9(13)15)18-12-7-14(20-2)11(17)6-10(12)16/h3-7,18H,17H2,1-2H3. The van der Waals surface area contributed by atoms with E-state index in [0.29, 0.717) is 17.2 Å². The molecule has 0 radical (unpaired) electrons. The van der Waals surface area contributed by atoms with Gasteiger partial charge in [0.1, 0.15) is 17.3 Å². The van der Waals surface area contributed by atoms with Crippen LogP contribution >= 0.6 is 15.9 Å². The summed E-state index contributed by atoms with van der Waals surface area (Å²) in [6.07, 6.45) is 0. The molecule has 0 unspecified atom stereocenters. The first-order valence-corrected chi connectivity index (χ1v) is 6.58. The van der Waals surface area contributed by atoms with Gasteiger partial charge in [-0.05, 0) is 28.1 Å². The summed E-state index contributed by atoms with van der Waals surface area (Å²) < 4.78 is 25.0. The molecule has 0 heterocycles. The predicted octanol–water partition coefficient (Wildman–Crippen LogP) is 3.93. The van der Waals surface area contributed by atoms with Crippen LogP contribution in [-0.2, 0) is 0 Å². The monoisotopic (exact) mass is 340 g/mol. The molecule has 2 rings (SSSR count). The van der Waals surface area contributed by atoms with Crippen LogP contribution in [0.3, 0.4) is 0 Å². The topological polar surface area (TPSA) is 56.5 Å². The van der Waals surface area contributed by atoms with Crippen molar-refractivity contribution in [3.05, 3.63) is 40.6 Å². The average molecular weight is 341 g/mol. The lowest BCUT2D eigenvalue weighted by Gasteiger charge is -2.12. The number of ether oxygens (including phenoxy) is 2. The Morgan fingerprint density at radius 3 is 2.45 bits per heavy atom. The van der Waals surface area contributed by atoms with E-state index in [4.69, 9.17) is 15.2 Å². The molecule has 0 spiro atoms. The number of nitrogens with two attached hydrogens (primary N) is 1. The molecule has 0 saturated carbocycles. The molecule has 3 N–H and O–H groups in total. The van der Waals surface area contributed by atoms with Crippen molar-refractivity contribution in [1.82, 2.24) is 0 Å². The van der Waals surface area contributed by atoms with Gasteiger partial charge in [-0.3, -0.25) is 0 Å². The number of anilines is 3. The first kappa shape index (κ1) is 14.5. The van der Waals surface area contributed by atoms with Crippen molar-refractivity contribution < 1.29 is 13.9 Å². The van der Waals surface area contributed by atoms with E-state index in [9.17, 15) is 4.39 Å². The third-order valence-electron chi connectivity index (χ3n) is 2.75. The summed E-state index contributed by atoms with van der Waals surface area (Å²) in [4.78, 5) is 0. The van der Waals surface area contributed by atoms with E-state index in [2.05, 4.69) is 21.2 Å². The molecule has 0 aromatic heterocycles. The number of hydrogen-bond acceptors (Lipinski definition) is 4. The maximum atomic E-state index is 13.9. The molecule has 2 aromatic carbocycles. The molecule has 106 valence electrons. The molecule has 0 aliphatic carbocycles. The van der Waals surface area contributed by atoms with Crippen molar-refractivity contribution in [1.29, 1.82) is 0 Å². The Bertz CT molecular complexity index is 635. The summed E-state index contributed by atoms with van der Waals surface area (Å²) in [5, 5.41) is 2.96. The van der Waals surface area contributed by atoms with Gasteiger partial charge in [0.15, 0.2) is 0 Å². The van der Waals surface area contributed by atoms with Gasteiger partial charge in [-0.15, -0.1) is 0 Å². The normalized spacial score (nSPS) is 10.2. The molecule has 4 nitrogen and oxygen atoms in total. The first-order chi connectivity index (χ1) is 9.55. The van der Waals surface area contributed by atoms with Crippen molar-refractivity contribution in [2.45, 2.75) is 0 Å². The molecule has 0 aliphatic rings. The molecule has 0 bridgehead atoms. The lowest BCUT2D eigenvalue weighted by Crippen LogP contribution is -1.99. The molecule has 6 heteroatoms. The SMILES string of the molecule is COc1cc(Nc2ccc(Br)c(OC)c2)c(F)cc1N. The lowest BCUT2D eigenvalue weighted by atomic mass is 10.2. The van der Waals surface area contributed by atoms with Gasteiger partial charge in [0, 0.05) is 23.9 Å². The summed E-state index contributed by atoms with van der Waals surface area (Å²) >= 11 is 3.36. The highest BCUT2D eigenvalue weighted by atomic mass is 79.9. The van der Waals surface area contributed by atoms with Crippen molar-refractivity contribution >= 4 is 33.0 Å². The number of nitrogens with one attached hydrogen (secondary N) is 1. The van der Waals surface area contributed by atoms with Crippen molar-refractivity contribution in [2.75, 3.05) is 25.3 Å². The fraction of sp³-hybridized carbons (Fsp3) is 0.143. The molecule has 0 saturated heterocycles. The minimum absolute atomic E-state index is 0.254. The van der Waals surface area contributed by atoms with Crippen LogP contribution in [-0.4, -0.2) is 14.2 Å². The van der Waals surface area contributed by atoms with Crippen LogP contribution in [0.15, 0.2) is 34.8 Å². The third-order valence-corrected chi connectivity index (χ3v) is 3.40. The third kappa shape index (κ3) is 2.96. The zero-order valence-corrected chi connectivity index (χ0v) is 12.6. The largest absolute Gasteiger partial charge is 0.495 e. The van der Waals surface area contributed by atoms with Gasteiger partial charge in [-0.2, -0.15) is 0 Å². The second-order valence-electron chi connectivity index (χ2n) is 4.05. The highest BCUT2D eigenvalue weighted by Gasteiger charge is 2.09. The minimum atomic E-state index is -0.454. The van der Waals surface area contributed by atoms with Gasteiger partial charge in [-0.25, -0.2) is 4.39 Å². The predicted molar refractivity (Wildman–Crippen MR) is 81.3 cm³/mol. The fourth-order valence-corrected chi connectivity index (χ4v) is 2.14. The molecule has 2 aromatic rings. The zero-order valence-electron chi connectivity index (χ0n) is 11.0. The number of methoxy groups -OCH3 is 2. The van der Waals surface area contributed by atoms with Gasteiger partial charge >= 0.3 is 0 Å². The zero-order chi connectivity index (χ0) is 14.7. The second kappa shape index (κ2) is 6.00. The van der Waals surface area contributed by atoms with Crippen LogP contribution in [0.2, 0.25) is 0 Å². The van der Waals surface area contributed by atoms with Crippen molar-refractivity contribution in [3.63, 3.8) is 0 Å². The summed E-state index contributed by atoms with van der Waals surface area (Å²) in [7, 11) is 3.05. The Morgan fingerprint density at radius 2 is 1.80 bits per heavy atom. The number of rotatable bonds is 4. The Hall–Kier alpha value is -1.95. The van der Waals surface area contributed by atoms with Crippen LogP contribution in [0.1, 0.15) is 0 Å². The summed E-state index contributed by atoms with van der Waals surface area (Å²) in [6, 6.07) is 8.10. The summed E-state index contributed by atoms with van der Waals surface area (Å²) in [5.41, 5.74) is 6.86. The van der Waals surface area contributed by atoms with Crippen LogP contribution < -0.4 is 20.5 Å². The average Bonchev–Trinajstić information content (AvgIpc) is 2.43. The van der Waals surface area contributed by atoms with Gasteiger partial charge in [-0.1, -0.05) is 0 Å². The maximum absolute atomic E-state index is 13.9. The Balaban J connectivity index is 2.34. The second-order valence-corrected chi connectivity index (χ2v) is 4.90.